The number of nitrogens with zero attached hydrogens (tertiary/aromatic N) is 4. The fraction of sp³-hybridized carbons (Fsp3) is 0.481. The highest BCUT2D eigenvalue weighted by Gasteiger charge is 2.25. The van der Waals surface area contributed by atoms with E-state index in [9.17, 15) is 24.6 Å². The minimum atomic E-state index is -1.11. The van der Waals surface area contributed by atoms with E-state index in [-0.39, 0.29) is 36.3 Å². The van der Waals surface area contributed by atoms with E-state index in [1.54, 1.807) is 31.7 Å². The second kappa shape index (κ2) is 12.1. The van der Waals surface area contributed by atoms with Crippen LogP contribution in [-0.2, 0) is 29.7 Å². The summed E-state index contributed by atoms with van der Waals surface area (Å²) in [6, 6.07) is 6.55. The van der Waals surface area contributed by atoms with Gasteiger partial charge in [0.25, 0.3) is 5.56 Å². The van der Waals surface area contributed by atoms with Gasteiger partial charge in [-0.25, -0.2) is 4.98 Å². The first-order valence-electron chi connectivity index (χ1n) is 12.6. The van der Waals surface area contributed by atoms with Crippen LogP contribution >= 0.6 is 12.4 Å². The van der Waals surface area contributed by atoms with Gasteiger partial charge in [0.1, 0.15) is 11.9 Å². The lowest BCUT2D eigenvalue weighted by molar-refractivity contribution is -0.142. The number of halogens is 1. The number of aromatic nitrogens is 3. The second-order valence-corrected chi connectivity index (χ2v) is 10.1. The Balaban J connectivity index is 0.00000400. The molecule has 0 radical (unpaired) electrons. The standard InChI is InChI=1S/C27H35N5O5.ClH/c1-16-10-21(15-30(4)26(16)35)25-29-22-8-7-19(12-28-24(17(2)33)27(36)37)11-23(22)32(25)14-20-6-5-9-31(13-20)18(3)34;/h7-8,10-11,15,17,20,24,28,33H,5-6,9,12-14H2,1-4H3,(H,36,37);1H/t17?,20-,24?;/m1./s1. The van der Waals surface area contributed by atoms with E-state index >= 15 is 0 Å². The van der Waals surface area contributed by atoms with E-state index in [1.165, 1.54) is 6.92 Å². The van der Waals surface area contributed by atoms with Gasteiger partial charge in [0, 0.05) is 57.5 Å². The van der Waals surface area contributed by atoms with Crippen LogP contribution < -0.4 is 10.9 Å². The summed E-state index contributed by atoms with van der Waals surface area (Å²) in [5.41, 5.74) is 3.93. The molecule has 3 aromatic rings. The number of nitrogens with one attached hydrogen (secondary N) is 1. The normalized spacial score (nSPS) is 17.2. The van der Waals surface area contributed by atoms with Gasteiger partial charge in [0.05, 0.1) is 17.1 Å². The van der Waals surface area contributed by atoms with Gasteiger partial charge in [-0.2, -0.15) is 0 Å². The van der Waals surface area contributed by atoms with Gasteiger partial charge >= 0.3 is 5.97 Å². The van der Waals surface area contributed by atoms with Crippen LogP contribution in [0.3, 0.4) is 0 Å². The van der Waals surface area contributed by atoms with E-state index in [0.29, 0.717) is 18.7 Å². The van der Waals surface area contributed by atoms with Gasteiger partial charge in [0.15, 0.2) is 0 Å². The number of hydrogen-bond donors (Lipinski definition) is 3. The molecule has 2 aromatic heterocycles. The molecule has 0 bridgehead atoms. The van der Waals surface area contributed by atoms with Crippen molar-refractivity contribution in [2.45, 2.75) is 58.8 Å². The van der Waals surface area contributed by atoms with Crippen molar-refractivity contribution in [3.63, 3.8) is 0 Å². The molecule has 1 fully saturated rings. The van der Waals surface area contributed by atoms with Crippen LogP contribution in [-0.4, -0.2) is 66.3 Å². The summed E-state index contributed by atoms with van der Waals surface area (Å²) in [6.45, 7) is 7.20. The zero-order chi connectivity index (χ0) is 26.9. The predicted molar refractivity (Wildman–Crippen MR) is 147 cm³/mol. The van der Waals surface area contributed by atoms with Gasteiger partial charge in [-0.1, -0.05) is 6.07 Å². The number of carboxylic acids is 1. The third kappa shape index (κ3) is 6.25. The Morgan fingerprint density at radius 1 is 1.26 bits per heavy atom. The lowest BCUT2D eigenvalue weighted by Gasteiger charge is -2.32. The van der Waals surface area contributed by atoms with Crippen molar-refractivity contribution in [1.82, 2.24) is 24.3 Å². The molecule has 0 saturated carbocycles. The first kappa shape index (κ1) is 29.3. The molecule has 2 unspecified atom stereocenters. The number of aliphatic carboxylic acids is 1. The van der Waals surface area contributed by atoms with Crippen molar-refractivity contribution >= 4 is 35.3 Å². The SMILES string of the molecule is CC(=O)N1CCC[C@@H](Cn2c(-c3cc(C)c(=O)n(C)c3)nc3ccc(CNC(C(=O)O)C(C)O)cc32)C1.Cl. The van der Waals surface area contributed by atoms with Crippen molar-refractivity contribution in [1.29, 1.82) is 0 Å². The highest BCUT2D eigenvalue weighted by molar-refractivity contribution is 5.85. The maximum absolute atomic E-state index is 12.3. The Labute approximate surface area is 227 Å². The minimum absolute atomic E-state index is 0. The molecule has 4 rings (SSSR count). The van der Waals surface area contributed by atoms with Gasteiger partial charge in [-0.15, -0.1) is 12.4 Å². The zero-order valence-electron chi connectivity index (χ0n) is 22.2. The van der Waals surface area contributed by atoms with E-state index in [1.807, 2.05) is 29.2 Å². The van der Waals surface area contributed by atoms with Crippen molar-refractivity contribution < 1.29 is 19.8 Å². The van der Waals surface area contributed by atoms with Crippen LogP contribution in [0.25, 0.3) is 22.4 Å². The lowest BCUT2D eigenvalue weighted by Crippen LogP contribution is -2.44. The Kier molecular flexibility index (Phi) is 9.35. The number of imidazole rings is 1. The first-order chi connectivity index (χ1) is 17.5. The number of amides is 1. The summed E-state index contributed by atoms with van der Waals surface area (Å²) in [5, 5.41) is 22.1. The van der Waals surface area contributed by atoms with Crippen molar-refractivity contribution in [3.05, 3.63) is 51.9 Å². The summed E-state index contributed by atoms with van der Waals surface area (Å²) in [7, 11) is 1.72. The number of piperidine rings is 1. The molecule has 3 N–H and O–H groups in total. The van der Waals surface area contributed by atoms with Crippen LogP contribution in [0.1, 0.15) is 37.8 Å². The van der Waals surface area contributed by atoms with Crippen LogP contribution in [0.4, 0.5) is 0 Å². The first-order valence-corrected chi connectivity index (χ1v) is 12.6. The summed E-state index contributed by atoms with van der Waals surface area (Å²) < 4.78 is 3.71. The number of carbonyl (C=O) groups is 2. The van der Waals surface area contributed by atoms with E-state index in [2.05, 4.69) is 9.88 Å². The van der Waals surface area contributed by atoms with E-state index in [4.69, 9.17) is 4.98 Å². The quantitative estimate of drug-likeness (QED) is 0.396. The van der Waals surface area contributed by atoms with Crippen LogP contribution in [0.2, 0.25) is 0 Å². The molecule has 38 heavy (non-hydrogen) atoms. The summed E-state index contributed by atoms with van der Waals surface area (Å²) in [4.78, 5) is 42.6. The molecule has 3 atom stereocenters. The molecule has 1 aromatic carbocycles. The average Bonchev–Trinajstić information content (AvgIpc) is 3.19. The highest BCUT2D eigenvalue weighted by atomic mass is 35.5. The van der Waals surface area contributed by atoms with Crippen LogP contribution in [0.15, 0.2) is 35.3 Å². The van der Waals surface area contributed by atoms with Gasteiger partial charge in [-0.05, 0) is 56.4 Å². The molecule has 1 aliphatic heterocycles. The van der Waals surface area contributed by atoms with Crippen molar-refractivity contribution in [2.75, 3.05) is 13.1 Å². The monoisotopic (exact) mass is 545 g/mol. The third-order valence-electron chi connectivity index (χ3n) is 7.11. The molecular formula is C27H36ClN5O5. The molecule has 3 heterocycles. The Hall–Kier alpha value is -3.21. The highest BCUT2D eigenvalue weighted by Crippen LogP contribution is 2.29. The average molecular weight is 546 g/mol. The number of pyridine rings is 1. The molecule has 1 amide bonds. The summed E-state index contributed by atoms with van der Waals surface area (Å²) in [6.07, 6.45) is 2.68. The summed E-state index contributed by atoms with van der Waals surface area (Å²) in [5.74, 6) is -0.0451. The molecule has 1 saturated heterocycles. The predicted octanol–water partition coefficient (Wildman–Crippen LogP) is 2.31. The number of carbonyl (C=O) groups excluding carboxylic acids is 1. The number of rotatable bonds is 8. The molecule has 206 valence electrons. The number of fused-ring (bicyclic) bond motifs is 1. The Morgan fingerprint density at radius 3 is 2.63 bits per heavy atom. The molecule has 1 aliphatic rings. The molecule has 0 aliphatic carbocycles. The smallest absolute Gasteiger partial charge is 0.323 e. The molecule has 10 nitrogen and oxygen atoms in total. The number of carboxylic acid groups (broad SMARTS) is 1. The zero-order valence-corrected chi connectivity index (χ0v) is 23.0. The number of likely N-dealkylation sites (tertiary alicyclic amines) is 1. The minimum Gasteiger partial charge on any atom is -0.480 e. The number of aryl methyl sites for hydroxylation is 2. The number of aliphatic hydroxyl groups excluding tert-OH is 1. The summed E-state index contributed by atoms with van der Waals surface area (Å²) >= 11 is 0. The fourth-order valence-electron chi connectivity index (χ4n) is 5.13. The van der Waals surface area contributed by atoms with Gasteiger partial charge < -0.3 is 24.2 Å². The Bertz CT molecular complexity index is 1360. The van der Waals surface area contributed by atoms with Crippen molar-refractivity contribution in [3.8, 4) is 11.4 Å². The lowest BCUT2D eigenvalue weighted by atomic mass is 9.97. The number of aliphatic hydroxyl groups is 1. The van der Waals surface area contributed by atoms with E-state index < -0.39 is 18.1 Å². The maximum atomic E-state index is 12.3. The topological polar surface area (TPSA) is 130 Å². The van der Waals surface area contributed by atoms with Crippen LogP contribution in [0, 0.1) is 12.8 Å². The van der Waals surface area contributed by atoms with Crippen molar-refractivity contribution in [2.24, 2.45) is 13.0 Å². The number of benzene rings is 1. The third-order valence-corrected chi connectivity index (χ3v) is 7.11. The molecule has 0 spiro atoms. The molecular weight excluding hydrogens is 510 g/mol. The second-order valence-electron chi connectivity index (χ2n) is 10.1. The van der Waals surface area contributed by atoms with Gasteiger partial charge in [-0.3, -0.25) is 19.7 Å². The largest absolute Gasteiger partial charge is 0.480 e. The van der Waals surface area contributed by atoms with E-state index in [0.717, 1.165) is 47.4 Å². The maximum Gasteiger partial charge on any atom is 0.323 e. The van der Waals surface area contributed by atoms with Gasteiger partial charge in [0.2, 0.25) is 5.91 Å². The van der Waals surface area contributed by atoms with Crippen LogP contribution in [0.5, 0.6) is 0 Å². The molecule has 11 heteroatoms. The fourth-order valence-corrected chi connectivity index (χ4v) is 5.13. The Morgan fingerprint density at radius 2 is 2.00 bits per heavy atom. The number of hydrogen-bond acceptors (Lipinski definition) is 6.